The minimum atomic E-state index is 0. The summed E-state index contributed by atoms with van der Waals surface area (Å²) < 4.78 is 2.26. The van der Waals surface area contributed by atoms with Crippen molar-refractivity contribution in [1.29, 1.82) is 0 Å². The molecule has 3 heterocycles. The van der Waals surface area contributed by atoms with Gasteiger partial charge in [-0.2, -0.15) is 0 Å². The zero-order valence-electron chi connectivity index (χ0n) is 18.9. The third-order valence-electron chi connectivity index (χ3n) is 5.01. The SMILES string of the molecule is CN=C(NCCCc1nnc(SC)n1CC(C)C)N1CCN(c2ncccn2)CC1.I. The molecule has 0 bridgehead atoms. The summed E-state index contributed by atoms with van der Waals surface area (Å²) in [5.74, 6) is 3.40. The molecule has 31 heavy (non-hydrogen) atoms. The third-order valence-corrected chi connectivity index (χ3v) is 5.68. The van der Waals surface area contributed by atoms with Gasteiger partial charge in [-0.25, -0.2) is 9.97 Å². The van der Waals surface area contributed by atoms with E-state index in [1.807, 2.05) is 13.1 Å². The molecule has 1 aliphatic rings. The highest BCUT2D eigenvalue weighted by atomic mass is 127. The zero-order chi connectivity index (χ0) is 21.3. The van der Waals surface area contributed by atoms with E-state index in [2.05, 4.69) is 64.9 Å². The molecule has 172 valence electrons. The Bertz CT molecular complexity index is 804. The zero-order valence-corrected chi connectivity index (χ0v) is 22.0. The van der Waals surface area contributed by atoms with Crippen molar-refractivity contribution in [3.63, 3.8) is 0 Å². The van der Waals surface area contributed by atoms with Crippen LogP contribution in [0.5, 0.6) is 0 Å². The number of hydrogen-bond acceptors (Lipinski definition) is 7. The maximum absolute atomic E-state index is 4.47. The van der Waals surface area contributed by atoms with Crippen molar-refractivity contribution in [3.05, 3.63) is 24.3 Å². The van der Waals surface area contributed by atoms with Gasteiger partial charge in [0.25, 0.3) is 0 Å². The summed E-state index contributed by atoms with van der Waals surface area (Å²) in [7, 11) is 1.85. The number of aryl methyl sites for hydroxylation is 1. The highest BCUT2D eigenvalue weighted by Gasteiger charge is 2.21. The van der Waals surface area contributed by atoms with E-state index in [0.717, 1.165) is 75.0 Å². The molecular weight excluding hydrogens is 525 g/mol. The summed E-state index contributed by atoms with van der Waals surface area (Å²) in [5, 5.41) is 13.3. The Balaban J connectivity index is 0.00000341. The molecule has 0 radical (unpaired) electrons. The Kier molecular flexibility index (Phi) is 10.8. The standard InChI is InChI=1S/C20H33N9S.HI/c1-16(2)15-29-17(25-26-20(29)30-4)7-5-8-22-18(21-3)27-11-13-28(14-12-27)19-23-9-6-10-24-19;/h6,9-10,16H,5,7-8,11-15H2,1-4H3,(H,21,22);1H. The summed E-state index contributed by atoms with van der Waals surface area (Å²) in [5.41, 5.74) is 0. The van der Waals surface area contributed by atoms with Gasteiger partial charge in [-0.05, 0) is 24.7 Å². The molecule has 2 aromatic rings. The molecule has 11 heteroatoms. The van der Waals surface area contributed by atoms with Crippen LogP contribution in [0, 0.1) is 5.92 Å². The lowest BCUT2D eigenvalue weighted by Gasteiger charge is -2.36. The van der Waals surface area contributed by atoms with Gasteiger partial charge in [-0.3, -0.25) is 4.99 Å². The quantitative estimate of drug-likeness (QED) is 0.174. The molecule has 1 aliphatic heterocycles. The fraction of sp³-hybridized carbons (Fsp3) is 0.650. The molecule has 3 rings (SSSR count). The van der Waals surface area contributed by atoms with E-state index < -0.39 is 0 Å². The molecule has 0 atom stereocenters. The van der Waals surface area contributed by atoms with E-state index in [0.29, 0.717) is 5.92 Å². The number of halogens is 1. The van der Waals surface area contributed by atoms with Crippen molar-refractivity contribution in [2.75, 3.05) is 50.9 Å². The van der Waals surface area contributed by atoms with Crippen LogP contribution in [0.3, 0.4) is 0 Å². The lowest BCUT2D eigenvalue weighted by molar-refractivity contribution is 0.370. The Labute approximate surface area is 206 Å². The minimum Gasteiger partial charge on any atom is -0.356 e. The second kappa shape index (κ2) is 13.0. The maximum atomic E-state index is 4.47. The lowest BCUT2D eigenvalue weighted by Crippen LogP contribution is -2.53. The fourth-order valence-corrected chi connectivity index (χ4v) is 4.08. The van der Waals surface area contributed by atoms with Crippen molar-refractivity contribution in [1.82, 2.24) is 34.9 Å². The molecule has 2 aromatic heterocycles. The molecule has 1 saturated heterocycles. The number of rotatable bonds is 8. The second-order valence-corrected chi connectivity index (χ2v) is 8.48. The number of nitrogens with zero attached hydrogens (tertiary/aromatic N) is 8. The number of aliphatic imine (C=N–C) groups is 1. The first-order valence-electron chi connectivity index (χ1n) is 10.6. The monoisotopic (exact) mass is 559 g/mol. The largest absolute Gasteiger partial charge is 0.356 e. The van der Waals surface area contributed by atoms with Gasteiger partial charge >= 0.3 is 0 Å². The van der Waals surface area contributed by atoms with Crippen LogP contribution in [-0.4, -0.2) is 81.6 Å². The summed E-state index contributed by atoms with van der Waals surface area (Å²) in [6.45, 7) is 9.85. The molecule has 9 nitrogen and oxygen atoms in total. The van der Waals surface area contributed by atoms with Crippen LogP contribution in [-0.2, 0) is 13.0 Å². The number of hydrogen-bond donors (Lipinski definition) is 1. The van der Waals surface area contributed by atoms with E-state index >= 15 is 0 Å². The lowest BCUT2D eigenvalue weighted by atomic mass is 10.2. The van der Waals surface area contributed by atoms with E-state index in [9.17, 15) is 0 Å². The molecule has 0 unspecified atom stereocenters. The van der Waals surface area contributed by atoms with Crippen LogP contribution < -0.4 is 10.2 Å². The van der Waals surface area contributed by atoms with Gasteiger partial charge in [-0.1, -0.05) is 25.6 Å². The molecule has 0 aliphatic carbocycles. The fourth-order valence-electron chi connectivity index (χ4n) is 3.56. The highest BCUT2D eigenvalue weighted by molar-refractivity contribution is 14.0. The van der Waals surface area contributed by atoms with Crippen LogP contribution in [0.4, 0.5) is 5.95 Å². The predicted molar refractivity (Wildman–Crippen MR) is 138 cm³/mol. The molecule has 1 N–H and O–H groups in total. The van der Waals surface area contributed by atoms with Crippen LogP contribution in [0.25, 0.3) is 0 Å². The summed E-state index contributed by atoms with van der Waals surface area (Å²) in [6.07, 6.45) is 7.53. The van der Waals surface area contributed by atoms with Gasteiger partial charge in [0.2, 0.25) is 5.95 Å². The van der Waals surface area contributed by atoms with Gasteiger partial charge in [0.1, 0.15) is 5.82 Å². The van der Waals surface area contributed by atoms with Crippen LogP contribution in [0.1, 0.15) is 26.1 Å². The van der Waals surface area contributed by atoms with E-state index in [1.54, 1.807) is 24.2 Å². The predicted octanol–water partition coefficient (Wildman–Crippen LogP) is 2.39. The first-order valence-corrected chi connectivity index (χ1v) is 11.8. The van der Waals surface area contributed by atoms with Crippen molar-refractivity contribution in [2.24, 2.45) is 10.9 Å². The van der Waals surface area contributed by atoms with Crippen molar-refractivity contribution >= 4 is 47.6 Å². The van der Waals surface area contributed by atoms with Gasteiger partial charge in [-0.15, -0.1) is 34.2 Å². The summed E-state index contributed by atoms with van der Waals surface area (Å²) >= 11 is 1.66. The smallest absolute Gasteiger partial charge is 0.225 e. The number of thioether (sulfide) groups is 1. The number of guanidine groups is 1. The highest BCUT2D eigenvalue weighted by Crippen LogP contribution is 2.16. The van der Waals surface area contributed by atoms with Crippen molar-refractivity contribution in [2.45, 2.75) is 38.4 Å². The van der Waals surface area contributed by atoms with E-state index in [1.165, 1.54) is 0 Å². The van der Waals surface area contributed by atoms with Crippen molar-refractivity contribution < 1.29 is 0 Å². The molecular formula is C20H34IN9S. The van der Waals surface area contributed by atoms with Gasteiger partial charge in [0, 0.05) is 65.1 Å². The summed E-state index contributed by atoms with van der Waals surface area (Å²) in [6, 6.07) is 1.85. The number of nitrogens with one attached hydrogen (secondary N) is 1. The molecule has 0 aromatic carbocycles. The van der Waals surface area contributed by atoms with Crippen LogP contribution in [0.15, 0.2) is 28.6 Å². The second-order valence-electron chi connectivity index (χ2n) is 7.71. The molecule has 1 fully saturated rings. The average Bonchev–Trinajstić information content (AvgIpc) is 3.15. The maximum Gasteiger partial charge on any atom is 0.225 e. The van der Waals surface area contributed by atoms with Gasteiger partial charge in [0.05, 0.1) is 0 Å². The molecule has 0 amide bonds. The average molecular weight is 560 g/mol. The topological polar surface area (TPSA) is 87.4 Å². The van der Waals surface area contributed by atoms with Crippen LogP contribution >= 0.6 is 35.7 Å². The Morgan fingerprint density at radius 1 is 1.16 bits per heavy atom. The van der Waals surface area contributed by atoms with E-state index in [4.69, 9.17) is 0 Å². The Morgan fingerprint density at radius 3 is 2.48 bits per heavy atom. The van der Waals surface area contributed by atoms with Gasteiger partial charge < -0.3 is 19.7 Å². The summed E-state index contributed by atoms with van der Waals surface area (Å²) in [4.78, 5) is 17.7. The minimum absolute atomic E-state index is 0. The Hall–Kier alpha value is -1.63. The number of anilines is 1. The number of aromatic nitrogens is 5. The molecule has 0 spiro atoms. The van der Waals surface area contributed by atoms with Crippen molar-refractivity contribution in [3.8, 4) is 0 Å². The van der Waals surface area contributed by atoms with E-state index in [-0.39, 0.29) is 24.0 Å². The first kappa shape index (κ1) is 25.6. The van der Waals surface area contributed by atoms with Crippen LogP contribution in [0.2, 0.25) is 0 Å². The first-order chi connectivity index (χ1) is 14.6. The normalized spacial score (nSPS) is 14.7. The third kappa shape index (κ3) is 7.19. The van der Waals surface area contributed by atoms with Gasteiger partial charge in [0.15, 0.2) is 11.1 Å². The number of piperazine rings is 1. The molecule has 0 saturated carbocycles. The Morgan fingerprint density at radius 2 is 1.87 bits per heavy atom.